The maximum absolute atomic E-state index is 11.6. The zero-order valence-corrected chi connectivity index (χ0v) is 22.8. The van der Waals surface area contributed by atoms with Crippen molar-refractivity contribution in [3.63, 3.8) is 0 Å². The molecule has 1 aliphatic heterocycles. The number of benzene rings is 1. The normalized spacial score (nSPS) is 13.7. The number of nitrogens with two attached hydrogens (primary N) is 1. The summed E-state index contributed by atoms with van der Waals surface area (Å²) >= 11 is 1.05. The van der Waals surface area contributed by atoms with Crippen LogP contribution in [0.1, 0.15) is 23.7 Å². The van der Waals surface area contributed by atoms with Gasteiger partial charge in [-0.2, -0.15) is 0 Å². The maximum Gasteiger partial charge on any atom is 0.286 e. The minimum absolute atomic E-state index is 0. The summed E-state index contributed by atoms with van der Waals surface area (Å²) in [7, 11) is 3.39. The lowest BCUT2D eigenvalue weighted by atomic mass is 10.1. The first-order chi connectivity index (χ1) is 16.2. The summed E-state index contributed by atoms with van der Waals surface area (Å²) in [5, 5.41) is 17.8. The minimum Gasteiger partial charge on any atom is -0.493 e. The second-order valence-electron chi connectivity index (χ2n) is 7.62. The maximum atomic E-state index is 11.6. The van der Waals surface area contributed by atoms with E-state index in [1.807, 2.05) is 36.5 Å². The molecule has 1 unspecified atom stereocenters. The molecule has 1 aromatic carbocycles. The van der Waals surface area contributed by atoms with Gasteiger partial charge in [0.25, 0.3) is 5.24 Å². The van der Waals surface area contributed by atoms with Crippen LogP contribution in [0.2, 0.25) is 0 Å². The third-order valence-electron chi connectivity index (χ3n) is 4.73. The van der Waals surface area contributed by atoms with Crippen LogP contribution < -0.4 is 21.1 Å². The number of nitrogens with zero attached hydrogens (tertiary/aromatic N) is 2. The lowest BCUT2D eigenvalue weighted by Crippen LogP contribution is -2.42. The van der Waals surface area contributed by atoms with Crippen molar-refractivity contribution < 1.29 is 14.3 Å². The number of nitrogens with one attached hydrogen (secondary N) is 4. The highest BCUT2D eigenvalue weighted by molar-refractivity contribution is 8.15. The Bertz CT molecular complexity index is 1010. The largest absolute Gasteiger partial charge is 0.493 e. The van der Waals surface area contributed by atoms with Crippen molar-refractivity contribution >= 4 is 59.6 Å². The molecule has 2 amide bonds. The molecule has 0 spiro atoms. The molecule has 0 radical (unpaired) electrons. The van der Waals surface area contributed by atoms with Crippen molar-refractivity contribution in [2.24, 2.45) is 5.73 Å². The van der Waals surface area contributed by atoms with Gasteiger partial charge in [-0.1, -0.05) is 36.9 Å². The van der Waals surface area contributed by atoms with Gasteiger partial charge in [-0.15, -0.1) is 24.8 Å². The Hall–Kier alpha value is -3.02. The van der Waals surface area contributed by atoms with Crippen LogP contribution in [0.4, 0.5) is 4.79 Å². The summed E-state index contributed by atoms with van der Waals surface area (Å²) in [6.45, 7) is 2.67. The Balaban J connectivity index is 0.000000963. The van der Waals surface area contributed by atoms with E-state index in [2.05, 4.69) is 28.6 Å². The predicted molar refractivity (Wildman–Crippen MR) is 149 cm³/mol. The predicted octanol–water partition coefficient (Wildman–Crippen LogP) is 2.97. The molecule has 1 fully saturated rings. The lowest BCUT2D eigenvalue weighted by molar-refractivity contribution is -0.118. The molecule has 2 aromatic rings. The van der Waals surface area contributed by atoms with Crippen LogP contribution >= 0.6 is 36.6 Å². The van der Waals surface area contributed by atoms with Gasteiger partial charge in [0.05, 0.1) is 11.9 Å². The number of amides is 2. The molecule has 1 aromatic heterocycles. The van der Waals surface area contributed by atoms with Crippen molar-refractivity contribution in [1.29, 1.82) is 10.8 Å². The number of halogens is 2. The summed E-state index contributed by atoms with van der Waals surface area (Å²) in [4.78, 5) is 28.7. The average molecular weight is 559 g/mol. The topological polar surface area (TPSA) is 157 Å². The summed E-state index contributed by atoms with van der Waals surface area (Å²) in [5.41, 5.74) is 8.19. The quantitative estimate of drug-likeness (QED) is 0.256. The number of rotatable bonds is 7. The number of carbonyl (C=O) groups excluding carboxylic acids is 2. The SMILES string of the molecule is CCc1ccc(CCOc2ccc(CC3SC(=O)NC3=O)cc2)nc1.CN(C)C(=N)NC(=N)N.Cl.Cl. The van der Waals surface area contributed by atoms with Crippen molar-refractivity contribution in [3.05, 3.63) is 59.4 Å². The first-order valence-corrected chi connectivity index (χ1v) is 11.6. The Morgan fingerprint density at radius 3 is 2.22 bits per heavy atom. The number of pyridine rings is 1. The monoisotopic (exact) mass is 557 g/mol. The number of aromatic nitrogens is 1. The molecule has 1 atom stereocenters. The van der Waals surface area contributed by atoms with Crippen molar-refractivity contribution in [3.8, 4) is 5.75 Å². The summed E-state index contributed by atoms with van der Waals surface area (Å²) in [6, 6.07) is 11.8. The van der Waals surface area contributed by atoms with Gasteiger partial charge >= 0.3 is 0 Å². The van der Waals surface area contributed by atoms with Gasteiger partial charge in [0.15, 0.2) is 11.9 Å². The number of thioether (sulfide) groups is 1. The molecule has 0 bridgehead atoms. The number of hydrogen-bond donors (Lipinski definition) is 5. The molecular weight excluding hydrogens is 525 g/mol. The van der Waals surface area contributed by atoms with Crippen molar-refractivity contribution in [2.45, 2.75) is 31.4 Å². The van der Waals surface area contributed by atoms with E-state index in [-0.39, 0.29) is 53.1 Å². The fourth-order valence-electron chi connectivity index (χ4n) is 2.79. The Kier molecular flexibility index (Phi) is 15.2. The third kappa shape index (κ3) is 11.6. The molecule has 1 saturated heterocycles. The number of aryl methyl sites for hydroxylation is 1. The smallest absolute Gasteiger partial charge is 0.286 e. The Morgan fingerprint density at radius 1 is 1.14 bits per heavy atom. The van der Waals surface area contributed by atoms with Gasteiger partial charge in [-0.25, -0.2) is 0 Å². The van der Waals surface area contributed by atoms with Crippen LogP contribution in [0.3, 0.4) is 0 Å². The number of ether oxygens (including phenoxy) is 1. The number of imide groups is 1. The summed E-state index contributed by atoms with van der Waals surface area (Å²) in [5.74, 6) is 0.474. The molecule has 36 heavy (non-hydrogen) atoms. The van der Waals surface area contributed by atoms with Crippen molar-refractivity contribution in [1.82, 2.24) is 20.5 Å². The van der Waals surface area contributed by atoms with Crippen LogP contribution in [0.15, 0.2) is 42.6 Å². The third-order valence-corrected chi connectivity index (χ3v) is 5.71. The lowest BCUT2D eigenvalue weighted by Gasteiger charge is -2.13. The highest BCUT2D eigenvalue weighted by atomic mass is 35.5. The van der Waals surface area contributed by atoms with Gasteiger partial charge in [0.2, 0.25) is 5.91 Å². The first kappa shape index (κ1) is 33.0. The highest BCUT2D eigenvalue weighted by Crippen LogP contribution is 2.23. The Labute approximate surface area is 228 Å². The van der Waals surface area contributed by atoms with E-state index in [1.54, 1.807) is 14.1 Å². The molecule has 10 nitrogen and oxygen atoms in total. The molecule has 1 aliphatic rings. The van der Waals surface area contributed by atoms with E-state index in [4.69, 9.17) is 21.3 Å². The molecule has 6 N–H and O–H groups in total. The first-order valence-electron chi connectivity index (χ1n) is 10.7. The molecule has 2 heterocycles. The fraction of sp³-hybridized carbons (Fsp3) is 0.348. The van der Waals surface area contributed by atoms with Gasteiger partial charge < -0.3 is 15.4 Å². The molecule has 0 saturated carbocycles. The van der Waals surface area contributed by atoms with E-state index in [1.165, 1.54) is 10.5 Å². The highest BCUT2D eigenvalue weighted by Gasteiger charge is 2.31. The molecular formula is C23H33Cl2N7O3S. The fourth-order valence-corrected chi connectivity index (χ4v) is 3.65. The number of hydrogen-bond acceptors (Lipinski definition) is 7. The molecule has 13 heteroatoms. The number of carbonyl (C=O) groups is 2. The summed E-state index contributed by atoms with van der Waals surface area (Å²) < 4.78 is 5.75. The van der Waals surface area contributed by atoms with Crippen LogP contribution in [-0.2, 0) is 24.1 Å². The van der Waals surface area contributed by atoms with Gasteiger partial charge in [0.1, 0.15) is 5.75 Å². The second kappa shape index (κ2) is 16.6. The van der Waals surface area contributed by atoms with Crippen LogP contribution in [0.25, 0.3) is 0 Å². The van der Waals surface area contributed by atoms with E-state index in [0.29, 0.717) is 13.0 Å². The molecule has 0 aliphatic carbocycles. The average Bonchev–Trinajstić information content (AvgIpc) is 3.11. The Morgan fingerprint density at radius 2 is 1.78 bits per heavy atom. The zero-order valence-electron chi connectivity index (χ0n) is 20.4. The minimum atomic E-state index is -0.337. The van der Waals surface area contributed by atoms with E-state index in [0.717, 1.165) is 41.6 Å². The summed E-state index contributed by atoms with van der Waals surface area (Å²) in [6.07, 6.45) is 4.19. The van der Waals surface area contributed by atoms with Crippen LogP contribution in [0, 0.1) is 10.8 Å². The van der Waals surface area contributed by atoms with Crippen LogP contribution in [0.5, 0.6) is 5.75 Å². The van der Waals surface area contributed by atoms with E-state index < -0.39 is 0 Å². The van der Waals surface area contributed by atoms with Gasteiger partial charge in [-0.05, 0) is 42.2 Å². The standard InChI is InChI=1S/C19H20N2O3S.C4H11N5.2ClH/c1-2-13-3-6-15(20-12-13)9-10-24-16-7-4-14(5-8-16)11-17-18(22)21-19(23)25-17;1-9(2)4(7)8-3(5)6;;/h3-8,12,17H,2,9-11H2,1H3,(H,21,22,23);1-2H3,(H5,5,6,7,8);2*1H. The van der Waals surface area contributed by atoms with Crippen molar-refractivity contribution in [2.75, 3.05) is 20.7 Å². The van der Waals surface area contributed by atoms with E-state index >= 15 is 0 Å². The second-order valence-corrected chi connectivity index (χ2v) is 8.80. The van der Waals surface area contributed by atoms with Gasteiger partial charge in [-0.3, -0.25) is 36.0 Å². The molecule has 3 rings (SSSR count). The molecule has 198 valence electrons. The van der Waals surface area contributed by atoms with Crippen LogP contribution in [-0.4, -0.2) is 58.9 Å². The van der Waals surface area contributed by atoms with E-state index in [9.17, 15) is 9.59 Å². The number of guanidine groups is 2. The zero-order chi connectivity index (χ0) is 25.1. The van der Waals surface area contributed by atoms with Gasteiger partial charge in [0, 0.05) is 32.4 Å².